The van der Waals surface area contributed by atoms with Crippen LogP contribution in [0, 0.1) is 0 Å². The SMILES string of the molecule is O=C(NCC1(F)CCCC1)c1cc(-c2ccccc2)[nH]c(=O)c1. The minimum atomic E-state index is -1.31. The summed E-state index contributed by atoms with van der Waals surface area (Å²) in [5.41, 5.74) is -0.0309. The smallest absolute Gasteiger partial charge is 0.251 e. The molecular formula is C18H19FN2O2. The average molecular weight is 314 g/mol. The lowest BCUT2D eigenvalue weighted by atomic mass is 10.0. The Labute approximate surface area is 133 Å². The molecule has 0 aliphatic heterocycles. The number of hydrogen-bond donors (Lipinski definition) is 2. The van der Waals surface area contributed by atoms with Gasteiger partial charge in [0.2, 0.25) is 5.56 Å². The molecule has 4 nitrogen and oxygen atoms in total. The Hall–Kier alpha value is -2.43. The quantitative estimate of drug-likeness (QED) is 0.911. The first-order valence-electron chi connectivity index (χ1n) is 7.83. The predicted molar refractivity (Wildman–Crippen MR) is 87.1 cm³/mol. The summed E-state index contributed by atoms with van der Waals surface area (Å²) in [6.07, 6.45) is 2.68. The predicted octanol–water partition coefficient (Wildman–Crippen LogP) is 3.05. The molecule has 2 N–H and O–H groups in total. The third-order valence-corrected chi connectivity index (χ3v) is 4.26. The minimum absolute atomic E-state index is 0.000692. The van der Waals surface area contributed by atoms with E-state index in [2.05, 4.69) is 10.3 Å². The molecule has 1 fully saturated rings. The summed E-state index contributed by atoms with van der Waals surface area (Å²) in [7, 11) is 0. The summed E-state index contributed by atoms with van der Waals surface area (Å²) >= 11 is 0. The fourth-order valence-corrected chi connectivity index (χ4v) is 2.97. The van der Waals surface area contributed by atoms with Crippen LogP contribution < -0.4 is 10.9 Å². The van der Waals surface area contributed by atoms with Gasteiger partial charge in [0.25, 0.3) is 5.91 Å². The van der Waals surface area contributed by atoms with Crippen LogP contribution in [0.2, 0.25) is 0 Å². The molecule has 1 aliphatic carbocycles. The number of halogens is 1. The van der Waals surface area contributed by atoms with Gasteiger partial charge < -0.3 is 10.3 Å². The molecule has 1 heterocycles. The summed E-state index contributed by atoms with van der Waals surface area (Å²) in [6.45, 7) is -0.000692. The number of nitrogens with one attached hydrogen (secondary N) is 2. The third-order valence-electron chi connectivity index (χ3n) is 4.26. The van der Waals surface area contributed by atoms with E-state index >= 15 is 0 Å². The molecule has 5 heteroatoms. The molecule has 1 aromatic carbocycles. The Kier molecular flexibility index (Phi) is 4.28. The summed E-state index contributed by atoms with van der Waals surface area (Å²) in [4.78, 5) is 26.8. The molecule has 1 aliphatic rings. The molecule has 1 aromatic heterocycles. The zero-order valence-corrected chi connectivity index (χ0v) is 12.8. The van der Waals surface area contributed by atoms with E-state index in [9.17, 15) is 14.0 Å². The van der Waals surface area contributed by atoms with Crippen LogP contribution in [0.5, 0.6) is 0 Å². The van der Waals surface area contributed by atoms with Crippen LogP contribution in [0.25, 0.3) is 11.3 Å². The molecule has 3 rings (SSSR count). The van der Waals surface area contributed by atoms with Crippen molar-refractivity contribution >= 4 is 5.91 Å². The standard InChI is InChI=1S/C18H19FN2O2/c19-18(8-4-5-9-18)12-20-17(23)14-10-15(21-16(22)11-14)13-6-2-1-3-7-13/h1-3,6-7,10-11H,4-5,8-9,12H2,(H,20,23)(H,21,22). The van der Waals surface area contributed by atoms with Crippen LogP contribution in [0.15, 0.2) is 47.3 Å². The first-order valence-corrected chi connectivity index (χ1v) is 7.83. The summed E-state index contributed by atoms with van der Waals surface area (Å²) in [5.74, 6) is -0.419. The fourth-order valence-electron chi connectivity index (χ4n) is 2.97. The van der Waals surface area contributed by atoms with Gasteiger partial charge in [-0.25, -0.2) is 4.39 Å². The van der Waals surface area contributed by atoms with Gasteiger partial charge in [0.05, 0.1) is 6.54 Å². The molecule has 1 saturated carbocycles. The second kappa shape index (κ2) is 6.36. The van der Waals surface area contributed by atoms with Gasteiger partial charge in [0.15, 0.2) is 0 Å². The zero-order valence-electron chi connectivity index (χ0n) is 12.8. The molecule has 0 radical (unpaired) electrons. The number of benzene rings is 1. The highest BCUT2D eigenvalue weighted by molar-refractivity contribution is 5.95. The lowest BCUT2D eigenvalue weighted by Crippen LogP contribution is -2.38. The topological polar surface area (TPSA) is 62.0 Å². The molecular weight excluding hydrogens is 295 g/mol. The monoisotopic (exact) mass is 314 g/mol. The Morgan fingerprint density at radius 2 is 1.87 bits per heavy atom. The average Bonchev–Trinajstić information content (AvgIpc) is 3.00. The van der Waals surface area contributed by atoms with Gasteiger partial charge in [0.1, 0.15) is 5.67 Å². The van der Waals surface area contributed by atoms with Crippen molar-refractivity contribution in [3.8, 4) is 11.3 Å². The summed E-state index contributed by atoms with van der Waals surface area (Å²) < 4.78 is 14.3. The molecule has 0 unspecified atom stereocenters. The van der Waals surface area contributed by atoms with Crippen LogP contribution in [0.4, 0.5) is 4.39 Å². The first-order chi connectivity index (χ1) is 11.1. The number of hydrogen-bond acceptors (Lipinski definition) is 2. The van der Waals surface area contributed by atoms with Gasteiger partial charge in [-0.2, -0.15) is 0 Å². The molecule has 1 amide bonds. The molecule has 0 atom stereocenters. The summed E-state index contributed by atoms with van der Waals surface area (Å²) in [6, 6.07) is 12.1. The van der Waals surface area contributed by atoms with Crippen molar-refractivity contribution in [2.75, 3.05) is 6.54 Å². The lowest BCUT2D eigenvalue weighted by Gasteiger charge is -2.19. The first kappa shape index (κ1) is 15.5. The molecule has 0 saturated heterocycles. The molecule has 0 spiro atoms. The second-order valence-corrected chi connectivity index (χ2v) is 6.05. The Morgan fingerprint density at radius 3 is 2.57 bits per heavy atom. The highest BCUT2D eigenvalue weighted by Gasteiger charge is 2.33. The van der Waals surface area contributed by atoms with Crippen LogP contribution >= 0.6 is 0 Å². The van der Waals surface area contributed by atoms with Crippen molar-refractivity contribution in [3.63, 3.8) is 0 Å². The molecule has 23 heavy (non-hydrogen) atoms. The van der Waals surface area contributed by atoms with E-state index in [1.54, 1.807) is 6.07 Å². The van der Waals surface area contributed by atoms with E-state index in [1.807, 2.05) is 30.3 Å². The second-order valence-electron chi connectivity index (χ2n) is 6.05. The Bertz CT molecular complexity index is 749. The van der Waals surface area contributed by atoms with Crippen molar-refractivity contribution < 1.29 is 9.18 Å². The maximum atomic E-state index is 14.3. The number of carbonyl (C=O) groups excluding carboxylic acids is 1. The highest BCUT2D eigenvalue weighted by Crippen LogP contribution is 2.32. The normalized spacial score (nSPS) is 16.2. The number of aromatic nitrogens is 1. The van der Waals surface area contributed by atoms with Crippen molar-refractivity contribution in [1.29, 1.82) is 0 Å². The van der Waals surface area contributed by atoms with E-state index < -0.39 is 11.6 Å². The maximum absolute atomic E-state index is 14.3. The van der Waals surface area contributed by atoms with Crippen LogP contribution in [-0.4, -0.2) is 23.1 Å². The van der Waals surface area contributed by atoms with Crippen LogP contribution in [-0.2, 0) is 0 Å². The van der Waals surface area contributed by atoms with E-state index in [-0.39, 0.29) is 17.7 Å². The molecule has 120 valence electrons. The van der Waals surface area contributed by atoms with Crippen LogP contribution in [0.1, 0.15) is 36.0 Å². The van der Waals surface area contributed by atoms with Crippen LogP contribution in [0.3, 0.4) is 0 Å². The number of alkyl halides is 1. The third kappa shape index (κ3) is 3.67. The van der Waals surface area contributed by atoms with Crippen molar-refractivity contribution in [2.24, 2.45) is 0 Å². The van der Waals surface area contributed by atoms with Gasteiger partial charge >= 0.3 is 0 Å². The molecule has 0 bridgehead atoms. The number of aromatic amines is 1. The van der Waals surface area contributed by atoms with Crippen molar-refractivity contribution in [2.45, 2.75) is 31.4 Å². The Balaban J connectivity index is 1.78. The van der Waals surface area contributed by atoms with Gasteiger partial charge in [-0.15, -0.1) is 0 Å². The highest BCUT2D eigenvalue weighted by atomic mass is 19.1. The largest absolute Gasteiger partial charge is 0.349 e. The number of H-pyrrole nitrogens is 1. The zero-order chi connectivity index (χ0) is 16.3. The number of carbonyl (C=O) groups is 1. The maximum Gasteiger partial charge on any atom is 0.251 e. The van der Waals surface area contributed by atoms with Gasteiger partial charge in [-0.1, -0.05) is 43.2 Å². The van der Waals surface area contributed by atoms with Gasteiger partial charge in [-0.05, 0) is 24.5 Å². The summed E-state index contributed by atoms with van der Waals surface area (Å²) in [5, 5.41) is 2.62. The van der Waals surface area contributed by atoms with Gasteiger partial charge in [-0.3, -0.25) is 9.59 Å². The van der Waals surface area contributed by atoms with Gasteiger partial charge in [0, 0.05) is 17.3 Å². The number of amides is 1. The minimum Gasteiger partial charge on any atom is -0.349 e. The van der Waals surface area contributed by atoms with Crippen molar-refractivity contribution in [3.05, 3.63) is 58.4 Å². The fraction of sp³-hybridized carbons (Fsp3) is 0.333. The number of pyridine rings is 1. The lowest BCUT2D eigenvalue weighted by molar-refractivity contribution is 0.0902. The van der Waals surface area contributed by atoms with E-state index in [0.717, 1.165) is 18.4 Å². The van der Waals surface area contributed by atoms with E-state index in [4.69, 9.17) is 0 Å². The number of rotatable bonds is 4. The van der Waals surface area contributed by atoms with E-state index in [0.29, 0.717) is 18.5 Å². The Morgan fingerprint density at radius 1 is 1.17 bits per heavy atom. The van der Waals surface area contributed by atoms with Crippen molar-refractivity contribution in [1.82, 2.24) is 10.3 Å². The van der Waals surface area contributed by atoms with E-state index in [1.165, 1.54) is 6.07 Å². The molecule has 2 aromatic rings.